The number of nitrogens with one attached hydrogen (secondary N) is 2. The lowest BCUT2D eigenvalue weighted by Gasteiger charge is -2.28. The summed E-state index contributed by atoms with van der Waals surface area (Å²) in [5.41, 5.74) is 0. The summed E-state index contributed by atoms with van der Waals surface area (Å²) < 4.78 is 0. The van der Waals surface area contributed by atoms with E-state index in [9.17, 15) is 4.79 Å². The first-order valence-electron chi connectivity index (χ1n) is 10.0. The number of piperazine rings is 1. The zero-order chi connectivity index (χ0) is 16.9. The van der Waals surface area contributed by atoms with E-state index < -0.39 is 0 Å². The maximum atomic E-state index is 11.7. The van der Waals surface area contributed by atoms with E-state index in [4.69, 9.17) is 0 Å². The zero-order valence-corrected chi connectivity index (χ0v) is 15.6. The van der Waals surface area contributed by atoms with Crippen molar-refractivity contribution in [3.8, 4) is 0 Å². The first-order valence-corrected chi connectivity index (χ1v) is 10.0. The van der Waals surface area contributed by atoms with Gasteiger partial charge < -0.3 is 20.4 Å². The van der Waals surface area contributed by atoms with Gasteiger partial charge in [0.15, 0.2) is 0 Å². The Kier molecular flexibility index (Phi) is 6.53. The quantitative estimate of drug-likeness (QED) is 0.729. The molecule has 0 radical (unpaired) electrons. The number of likely N-dealkylation sites (tertiary alicyclic amines) is 1. The zero-order valence-electron chi connectivity index (χ0n) is 15.6. The van der Waals surface area contributed by atoms with Crippen LogP contribution < -0.4 is 10.6 Å². The summed E-state index contributed by atoms with van der Waals surface area (Å²) in [5, 5.41) is 6.55. The van der Waals surface area contributed by atoms with Crippen molar-refractivity contribution in [3.63, 3.8) is 0 Å². The van der Waals surface area contributed by atoms with Gasteiger partial charge in [-0.15, -0.1) is 0 Å². The van der Waals surface area contributed by atoms with E-state index in [1.165, 1.54) is 58.5 Å². The van der Waals surface area contributed by atoms with Crippen molar-refractivity contribution < 1.29 is 4.79 Å². The Hall–Kier alpha value is -0.650. The Bertz CT molecular complexity index is 394. The van der Waals surface area contributed by atoms with Gasteiger partial charge in [-0.05, 0) is 50.1 Å². The van der Waals surface area contributed by atoms with Crippen molar-refractivity contribution in [3.05, 3.63) is 0 Å². The normalized spacial score (nSPS) is 31.5. The molecule has 2 atom stereocenters. The average molecular weight is 337 g/mol. The van der Waals surface area contributed by atoms with Gasteiger partial charge in [0.05, 0.1) is 0 Å². The van der Waals surface area contributed by atoms with Crippen LogP contribution in [-0.4, -0.2) is 74.6 Å². The molecule has 0 bridgehead atoms. The molecule has 5 nitrogen and oxygen atoms in total. The van der Waals surface area contributed by atoms with Gasteiger partial charge >= 0.3 is 0 Å². The van der Waals surface area contributed by atoms with Crippen LogP contribution in [-0.2, 0) is 4.79 Å². The molecule has 138 valence electrons. The molecular formula is C19H36N4O. The van der Waals surface area contributed by atoms with Gasteiger partial charge in [0, 0.05) is 51.7 Å². The van der Waals surface area contributed by atoms with Crippen molar-refractivity contribution in [1.82, 2.24) is 20.4 Å². The first-order chi connectivity index (χ1) is 11.6. The minimum atomic E-state index is 0.108. The Morgan fingerprint density at radius 2 is 1.71 bits per heavy atom. The monoisotopic (exact) mass is 336 g/mol. The summed E-state index contributed by atoms with van der Waals surface area (Å²) in [4.78, 5) is 17.0. The predicted molar refractivity (Wildman–Crippen MR) is 97.9 cm³/mol. The van der Waals surface area contributed by atoms with Crippen molar-refractivity contribution in [2.45, 2.75) is 33.1 Å². The van der Waals surface area contributed by atoms with Crippen molar-refractivity contribution >= 4 is 5.91 Å². The van der Waals surface area contributed by atoms with Crippen LogP contribution in [0.3, 0.4) is 0 Å². The number of carbonyl (C=O) groups excluding carboxylic acids is 1. The van der Waals surface area contributed by atoms with E-state index in [2.05, 4.69) is 20.4 Å². The fourth-order valence-corrected chi connectivity index (χ4v) is 4.77. The van der Waals surface area contributed by atoms with E-state index in [1.807, 2.05) is 13.8 Å². The Morgan fingerprint density at radius 3 is 2.33 bits per heavy atom. The van der Waals surface area contributed by atoms with Crippen LogP contribution in [0.5, 0.6) is 0 Å². The highest BCUT2D eigenvalue weighted by atomic mass is 16.1. The van der Waals surface area contributed by atoms with Gasteiger partial charge in [-0.2, -0.15) is 0 Å². The number of hydrogen-bond acceptors (Lipinski definition) is 4. The summed E-state index contributed by atoms with van der Waals surface area (Å²) in [6.07, 6.45) is 3.95. The van der Waals surface area contributed by atoms with Gasteiger partial charge in [0.1, 0.15) is 0 Å². The van der Waals surface area contributed by atoms with Gasteiger partial charge in [0.2, 0.25) is 5.91 Å². The summed E-state index contributed by atoms with van der Waals surface area (Å²) in [6.45, 7) is 14.7. The number of fused-ring (bicyclic) bond motifs is 1. The highest BCUT2D eigenvalue weighted by molar-refractivity contribution is 5.77. The lowest BCUT2D eigenvalue weighted by Crippen LogP contribution is -2.44. The second-order valence-electron chi connectivity index (χ2n) is 8.46. The minimum absolute atomic E-state index is 0.108. The molecule has 0 spiro atoms. The van der Waals surface area contributed by atoms with E-state index >= 15 is 0 Å². The average Bonchev–Trinajstić information content (AvgIpc) is 3.11. The molecule has 3 rings (SSSR count). The summed E-state index contributed by atoms with van der Waals surface area (Å²) >= 11 is 0. The lowest BCUT2D eigenvalue weighted by molar-refractivity contribution is -0.124. The van der Waals surface area contributed by atoms with Gasteiger partial charge in [-0.25, -0.2) is 0 Å². The molecule has 0 aromatic rings. The van der Waals surface area contributed by atoms with Crippen molar-refractivity contribution in [2.24, 2.45) is 23.7 Å². The van der Waals surface area contributed by atoms with Gasteiger partial charge in [-0.1, -0.05) is 13.8 Å². The highest BCUT2D eigenvalue weighted by Crippen LogP contribution is 2.41. The molecule has 5 heteroatoms. The van der Waals surface area contributed by atoms with Crippen LogP contribution in [0.4, 0.5) is 0 Å². The molecule has 2 aliphatic heterocycles. The maximum absolute atomic E-state index is 11.7. The number of carbonyl (C=O) groups is 1. The molecule has 2 unspecified atom stereocenters. The number of hydrogen-bond donors (Lipinski definition) is 2. The van der Waals surface area contributed by atoms with Gasteiger partial charge in [-0.3, -0.25) is 4.79 Å². The van der Waals surface area contributed by atoms with Crippen LogP contribution in [0, 0.1) is 23.7 Å². The van der Waals surface area contributed by atoms with E-state index in [0.717, 1.165) is 31.5 Å². The molecule has 3 fully saturated rings. The minimum Gasteiger partial charge on any atom is -0.356 e. The second-order valence-corrected chi connectivity index (χ2v) is 8.46. The van der Waals surface area contributed by atoms with Crippen LogP contribution in [0.2, 0.25) is 0 Å². The molecule has 1 amide bonds. The molecular weight excluding hydrogens is 300 g/mol. The van der Waals surface area contributed by atoms with E-state index in [-0.39, 0.29) is 11.8 Å². The largest absolute Gasteiger partial charge is 0.356 e. The van der Waals surface area contributed by atoms with Crippen LogP contribution >= 0.6 is 0 Å². The number of nitrogens with zero attached hydrogens (tertiary/aromatic N) is 2. The van der Waals surface area contributed by atoms with E-state index in [1.54, 1.807) is 0 Å². The fourth-order valence-electron chi connectivity index (χ4n) is 4.77. The van der Waals surface area contributed by atoms with Crippen molar-refractivity contribution in [2.75, 3.05) is 58.9 Å². The molecule has 24 heavy (non-hydrogen) atoms. The number of rotatable bonds is 7. The third kappa shape index (κ3) is 4.93. The van der Waals surface area contributed by atoms with Crippen LogP contribution in [0.15, 0.2) is 0 Å². The lowest BCUT2D eigenvalue weighted by atomic mass is 10.0. The topological polar surface area (TPSA) is 47.6 Å². The Balaban J connectivity index is 1.29. The standard InChI is InChI=1S/C19H36N4O/c1-15(2)19(24)21-12-16-10-17-13-23(14-18(17)11-16)7-3-6-22-8-4-20-5-9-22/h15-18,20H,3-14H2,1-2H3,(H,21,24). The number of amides is 1. The molecule has 2 heterocycles. The molecule has 1 aliphatic carbocycles. The smallest absolute Gasteiger partial charge is 0.222 e. The molecule has 0 aromatic carbocycles. The summed E-state index contributed by atoms with van der Waals surface area (Å²) in [7, 11) is 0. The van der Waals surface area contributed by atoms with Crippen LogP contribution in [0.25, 0.3) is 0 Å². The van der Waals surface area contributed by atoms with Gasteiger partial charge in [0.25, 0.3) is 0 Å². The fraction of sp³-hybridized carbons (Fsp3) is 0.947. The summed E-state index contributed by atoms with van der Waals surface area (Å²) in [5.74, 6) is 2.79. The third-order valence-electron chi connectivity index (χ3n) is 6.17. The third-order valence-corrected chi connectivity index (χ3v) is 6.17. The highest BCUT2D eigenvalue weighted by Gasteiger charge is 2.40. The molecule has 3 aliphatic rings. The SMILES string of the molecule is CC(C)C(=O)NCC1CC2CN(CCCN3CCNCC3)CC2C1. The Labute approximate surface area is 147 Å². The molecule has 0 aromatic heterocycles. The van der Waals surface area contributed by atoms with Crippen molar-refractivity contribution in [1.29, 1.82) is 0 Å². The second kappa shape index (κ2) is 8.63. The predicted octanol–water partition coefficient (Wildman–Crippen LogP) is 1.01. The summed E-state index contributed by atoms with van der Waals surface area (Å²) in [6, 6.07) is 0. The first kappa shape index (κ1) is 18.2. The molecule has 1 saturated carbocycles. The van der Waals surface area contributed by atoms with Crippen LogP contribution in [0.1, 0.15) is 33.1 Å². The maximum Gasteiger partial charge on any atom is 0.222 e. The van der Waals surface area contributed by atoms with E-state index in [0.29, 0.717) is 5.92 Å². The Morgan fingerprint density at radius 1 is 1.08 bits per heavy atom. The molecule has 2 N–H and O–H groups in total. The molecule has 2 saturated heterocycles.